The first-order chi connectivity index (χ1) is 12.8. The van der Waals surface area contributed by atoms with E-state index in [4.69, 9.17) is 0 Å². The van der Waals surface area contributed by atoms with Crippen molar-refractivity contribution in [1.29, 1.82) is 0 Å². The molecule has 0 aliphatic heterocycles. The highest BCUT2D eigenvalue weighted by Crippen LogP contribution is 2.29. The van der Waals surface area contributed by atoms with Crippen molar-refractivity contribution in [2.45, 2.75) is 25.3 Å². The van der Waals surface area contributed by atoms with E-state index < -0.39 is 0 Å². The number of carbonyl (C=O) groups is 1. The Morgan fingerprint density at radius 3 is 2.62 bits per heavy atom. The highest BCUT2D eigenvalue weighted by atomic mass is 16.1. The van der Waals surface area contributed by atoms with Crippen molar-refractivity contribution < 1.29 is 4.79 Å². The predicted molar refractivity (Wildman–Crippen MR) is 106 cm³/mol. The molecule has 1 aliphatic rings. The largest absolute Gasteiger partial charge is 0.358 e. The second kappa shape index (κ2) is 6.03. The van der Waals surface area contributed by atoms with Crippen molar-refractivity contribution in [2.24, 2.45) is 0 Å². The SMILES string of the molecule is O=C(NC1CCc2c([nH]c3ccccc23)C1)c1cccc2ccccc12. The zero-order valence-corrected chi connectivity index (χ0v) is 14.5. The molecule has 0 bridgehead atoms. The van der Waals surface area contributed by atoms with E-state index in [-0.39, 0.29) is 11.9 Å². The van der Waals surface area contributed by atoms with Crippen LogP contribution in [0.4, 0.5) is 0 Å². The molecule has 1 aliphatic carbocycles. The van der Waals surface area contributed by atoms with E-state index >= 15 is 0 Å². The number of aromatic nitrogens is 1. The van der Waals surface area contributed by atoms with Gasteiger partial charge in [0.1, 0.15) is 0 Å². The van der Waals surface area contributed by atoms with Gasteiger partial charge >= 0.3 is 0 Å². The average molecular weight is 340 g/mol. The molecule has 3 nitrogen and oxygen atoms in total. The van der Waals surface area contributed by atoms with Gasteiger partial charge in [0, 0.05) is 34.6 Å². The van der Waals surface area contributed by atoms with Crippen molar-refractivity contribution in [3.63, 3.8) is 0 Å². The lowest BCUT2D eigenvalue weighted by atomic mass is 9.91. The van der Waals surface area contributed by atoms with Crippen LogP contribution >= 0.6 is 0 Å². The lowest BCUT2D eigenvalue weighted by Gasteiger charge is -2.24. The molecule has 1 heterocycles. The van der Waals surface area contributed by atoms with E-state index in [1.54, 1.807) is 0 Å². The van der Waals surface area contributed by atoms with Gasteiger partial charge in [-0.3, -0.25) is 4.79 Å². The van der Waals surface area contributed by atoms with Crippen LogP contribution in [-0.2, 0) is 12.8 Å². The molecule has 1 aromatic heterocycles. The van der Waals surface area contributed by atoms with Crippen LogP contribution < -0.4 is 5.32 Å². The number of rotatable bonds is 2. The molecular weight excluding hydrogens is 320 g/mol. The highest BCUT2D eigenvalue weighted by molar-refractivity contribution is 6.07. The van der Waals surface area contributed by atoms with Gasteiger partial charge in [-0.05, 0) is 41.3 Å². The van der Waals surface area contributed by atoms with Gasteiger partial charge in [-0.2, -0.15) is 0 Å². The Morgan fingerprint density at radius 1 is 0.923 bits per heavy atom. The summed E-state index contributed by atoms with van der Waals surface area (Å²) in [5, 5.41) is 6.68. The van der Waals surface area contributed by atoms with Crippen LogP contribution in [0, 0.1) is 0 Å². The number of fused-ring (bicyclic) bond motifs is 4. The molecule has 0 saturated heterocycles. The topological polar surface area (TPSA) is 44.9 Å². The summed E-state index contributed by atoms with van der Waals surface area (Å²) in [5.41, 5.74) is 4.63. The maximum Gasteiger partial charge on any atom is 0.252 e. The Bertz CT molecular complexity index is 1120. The first-order valence-corrected chi connectivity index (χ1v) is 9.17. The van der Waals surface area contributed by atoms with Gasteiger partial charge < -0.3 is 10.3 Å². The van der Waals surface area contributed by atoms with Crippen molar-refractivity contribution in [3.05, 3.63) is 83.6 Å². The van der Waals surface area contributed by atoms with E-state index in [0.29, 0.717) is 0 Å². The molecule has 3 heteroatoms. The molecule has 128 valence electrons. The fraction of sp³-hybridized carbons (Fsp3) is 0.174. The predicted octanol–water partition coefficient (Wildman–Crippen LogP) is 4.61. The summed E-state index contributed by atoms with van der Waals surface area (Å²) >= 11 is 0. The maximum atomic E-state index is 12.9. The summed E-state index contributed by atoms with van der Waals surface area (Å²) < 4.78 is 0. The van der Waals surface area contributed by atoms with Crippen molar-refractivity contribution in [2.75, 3.05) is 0 Å². The molecule has 5 rings (SSSR count). The van der Waals surface area contributed by atoms with Crippen LogP contribution in [-0.4, -0.2) is 16.9 Å². The standard InChI is InChI=1S/C23H20N2O/c26-23(20-10-5-7-15-6-1-2-8-17(15)20)24-16-12-13-19-18-9-3-4-11-21(18)25-22(19)14-16/h1-11,16,25H,12-14H2,(H,24,26). The quantitative estimate of drug-likeness (QED) is 0.550. The minimum Gasteiger partial charge on any atom is -0.358 e. The average Bonchev–Trinajstić information content (AvgIpc) is 3.05. The molecule has 26 heavy (non-hydrogen) atoms. The third-order valence-corrected chi connectivity index (χ3v) is 5.46. The van der Waals surface area contributed by atoms with Crippen molar-refractivity contribution >= 4 is 27.6 Å². The lowest BCUT2D eigenvalue weighted by Crippen LogP contribution is -2.38. The first-order valence-electron chi connectivity index (χ1n) is 9.17. The van der Waals surface area contributed by atoms with E-state index in [9.17, 15) is 4.79 Å². The second-order valence-corrected chi connectivity index (χ2v) is 7.07. The summed E-state index contributed by atoms with van der Waals surface area (Å²) in [7, 11) is 0. The summed E-state index contributed by atoms with van der Waals surface area (Å²) in [4.78, 5) is 16.4. The molecule has 1 unspecified atom stereocenters. The number of para-hydroxylation sites is 1. The molecule has 1 amide bonds. The molecule has 3 aromatic carbocycles. The van der Waals surface area contributed by atoms with Crippen LogP contribution in [0.2, 0.25) is 0 Å². The van der Waals surface area contributed by atoms with Crippen LogP contribution in [0.1, 0.15) is 28.0 Å². The molecule has 0 saturated carbocycles. The number of aromatic amines is 1. The number of benzene rings is 3. The monoisotopic (exact) mass is 340 g/mol. The lowest BCUT2D eigenvalue weighted by molar-refractivity contribution is 0.0935. The molecular formula is C23H20N2O. The Hall–Kier alpha value is -3.07. The Morgan fingerprint density at radius 2 is 1.69 bits per heavy atom. The smallest absolute Gasteiger partial charge is 0.252 e. The zero-order valence-electron chi connectivity index (χ0n) is 14.5. The summed E-state index contributed by atoms with van der Waals surface area (Å²) in [6.45, 7) is 0. The number of hydrogen-bond donors (Lipinski definition) is 2. The van der Waals surface area contributed by atoms with Gasteiger partial charge in [0.05, 0.1) is 0 Å². The zero-order chi connectivity index (χ0) is 17.5. The van der Waals surface area contributed by atoms with E-state index in [2.05, 4.69) is 34.6 Å². The summed E-state index contributed by atoms with van der Waals surface area (Å²) in [6.07, 6.45) is 2.84. The molecule has 2 N–H and O–H groups in total. The number of nitrogens with one attached hydrogen (secondary N) is 2. The van der Waals surface area contributed by atoms with Crippen molar-refractivity contribution in [3.8, 4) is 0 Å². The normalized spacial score (nSPS) is 16.5. The van der Waals surface area contributed by atoms with Gasteiger partial charge in [-0.1, -0.05) is 54.6 Å². The number of carbonyl (C=O) groups excluding carboxylic acids is 1. The molecule has 4 aromatic rings. The first kappa shape index (κ1) is 15.2. The third-order valence-electron chi connectivity index (χ3n) is 5.46. The van der Waals surface area contributed by atoms with Crippen LogP contribution in [0.15, 0.2) is 66.7 Å². The van der Waals surface area contributed by atoms with Crippen molar-refractivity contribution in [1.82, 2.24) is 10.3 Å². The molecule has 0 spiro atoms. The minimum atomic E-state index is 0.0198. The Kier molecular flexibility index (Phi) is 3.52. The summed E-state index contributed by atoms with van der Waals surface area (Å²) in [6, 6.07) is 22.6. The minimum absolute atomic E-state index is 0.0198. The molecule has 0 radical (unpaired) electrons. The van der Waals surface area contributed by atoms with Gasteiger partial charge in [-0.15, -0.1) is 0 Å². The molecule has 1 atom stereocenters. The van der Waals surface area contributed by atoms with E-state index in [0.717, 1.165) is 35.6 Å². The number of aryl methyl sites for hydroxylation is 1. The van der Waals surface area contributed by atoms with Gasteiger partial charge in [0.2, 0.25) is 0 Å². The fourth-order valence-corrected chi connectivity index (χ4v) is 4.19. The Labute approximate surface area is 152 Å². The molecule has 0 fully saturated rings. The second-order valence-electron chi connectivity index (χ2n) is 7.07. The Balaban J connectivity index is 1.41. The van der Waals surface area contributed by atoms with Crippen LogP contribution in [0.5, 0.6) is 0 Å². The van der Waals surface area contributed by atoms with Gasteiger partial charge in [0.15, 0.2) is 0 Å². The van der Waals surface area contributed by atoms with E-state index in [1.165, 1.54) is 22.2 Å². The fourth-order valence-electron chi connectivity index (χ4n) is 4.19. The van der Waals surface area contributed by atoms with E-state index in [1.807, 2.05) is 42.5 Å². The third kappa shape index (κ3) is 2.48. The number of H-pyrrole nitrogens is 1. The van der Waals surface area contributed by atoms with Crippen LogP contribution in [0.25, 0.3) is 21.7 Å². The highest BCUT2D eigenvalue weighted by Gasteiger charge is 2.24. The summed E-state index contributed by atoms with van der Waals surface area (Å²) in [5.74, 6) is 0.0198. The number of hydrogen-bond acceptors (Lipinski definition) is 1. The van der Waals surface area contributed by atoms with Gasteiger partial charge in [0.25, 0.3) is 5.91 Å². The maximum absolute atomic E-state index is 12.9. The van der Waals surface area contributed by atoms with Gasteiger partial charge in [-0.25, -0.2) is 0 Å². The number of amides is 1. The van der Waals surface area contributed by atoms with Crippen LogP contribution in [0.3, 0.4) is 0 Å².